The molecule has 2 atom stereocenters. The van der Waals surface area contributed by atoms with E-state index in [4.69, 9.17) is 9.84 Å². The van der Waals surface area contributed by atoms with Crippen LogP contribution in [0.1, 0.15) is 54.6 Å². The first kappa shape index (κ1) is 17.9. The first-order valence-corrected chi connectivity index (χ1v) is 8.42. The molecule has 2 fully saturated rings. The number of hydrogen-bond acceptors (Lipinski definition) is 4. The largest absolute Gasteiger partial charge is 0.397 e. The van der Waals surface area contributed by atoms with Gasteiger partial charge in [0.1, 0.15) is 0 Å². The van der Waals surface area contributed by atoms with Crippen LogP contribution in [0.5, 0.6) is 0 Å². The summed E-state index contributed by atoms with van der Waals surface area (Å²) in [5, 5.41) is 20.0. The molecular weight excluding hydrogens is 294 g/mol. The van der Waals surface area contributed by atoms with E-state index in [-0.39, 0.29) is 24.7 Å². The van der Waals surface area contributed by atoms with Gasteiger partial charge in [0.2, 0.25) is 0 Å². The van der Waals surface area contributed by atoms with Crippen molar-refractivity contribution < 1.29 is 19.7 Å². The number of aliphatic hydroxyl groups is 2. The second-order valence-electron chi connectivity index (χ2n) is 6.15. The summed E-state index contributed by atoms with van der Waals surface area (Å²) in [6, 6.07) is 7.63. The van der Waals surface area contributed by atoms with Gasteiger partial charge in [-0.25, -0.2) is 0 Å². The average Bonchev–Trinajstić information content (AvgIpc) is 3.38. The average molecular weight is 321 g/mol. The highest BCUT2D eigenvalue weighted by Gasteiger charge is 2.23. The highest BCUT2D eigenvalue weighted by Crippen LogP contribution is 2.29. The van der Waals surface area contributed by atoms with Gasteiger partial charge < -0.3 is 20.3 Å². The standard InChI is InChI=1S/C16H21NO3.C2H6O/c18-14-6-7-15(20-10-14)12-2-1-3-13(8-12)16(19)17-9-11-4-5-11;1-2-3/h1-3,8,11,14-15,18H,4-7,9-10H2,(H,17,19);3H,2H2,1H3. The second kappa shape index (κ2) is 9.01. The number of carbonyl (C=O) groups is 1. The molecule has 1 heterocycles. The van der Waals surface area contributed by atoms with Crippen LogP contribution in [0.2, 0.25) is 0 Å². The molecule has 3 rings (SSSR count). The summed E-state index contributed by atoms with van der Waals surface area (Å²) in [6.45, 7) is 3.10. The van der Waals surface area contributed by atoms with Crippen LogP contribution in [0.25, 0.3) is 0 Å². The Morgan fingerprint density at radius 2 is 2.04 bits per heavy atom. The Hall–Kier alpha value is -1.43. The summed E-state index contributed by atoms with van der Waals surface area (Å²) in [6.07, 6.45) is 3.67. The molecule has 2 unspecified atom stereocenters. The molecule has 23 heavy (non-hydrogen) atoms. The second-order valence-corrected chi connectivity index (χ2v) is 6.15. The Morgan fingerprint density at radius 1 is 1.30 bits per heavy atom. The minimum Gasteiger partial charge on any atom is -0.397 e. The van der Waals surface area contributed by atoms with Gasteiger partial charge in [0.05, 0.1) is 18.8 Å². The normalized spacial score (nSPS) is 23.6. The maximum absolute atomic E-state index is 12.1. The Balaban J connectivity index is 0.000000595. The quantitative estimate of drug-likeness (QED) is 0.793. The van der Waals surface area contributed by atoms with Gasteiger partial charge in [0.15, 0.2) is 0 Å². The molecule has 1 aromatic carbocycles. The molecule has 1 aromatic rings. The van der Waals surface area contributed by atoms with Crippen molar-refractivity contribution in [3.8, 4) is 0 Å². The molecular formula is C18H27NO4. The molecule has 1 saturated heterocycles. The third kappa shape index (κ3) is 5.94. The van der Waals surface area contributed by atoms with Crippen LogP contribution in [0.3, 0.4) is 0 Å². The molecule has 1 aliphatic carbocycles. The highest BCUT2D eigenvalue weighted by molar-refractivity contribution is 5.94. The van der Waals surface area contributed by atoms with Crippen LogP contribution in [0, 0.1) is 5.92 Å². The van der Waals surface area contributed by atoms with Crippen molar-refractivity contribution in [2.75, 3.05) is 19.8 Å². The lowest BCUT2D eigenvalue weighted by Crippen LogP contribution is -2.26. The maximum atomic E-state index is 12.1. The monoisotopic (exact) mass is 321 g/mol. The summed E-state index contributed by atoms with van der Waals surface area (Å²) in [7, 11) is 0. The Labute approximate surface area is 137 Å². The van der Waals surface area contributed by atoms with Gasteiger partial charge in [-0.15, -0.1) is 0 Å². The minimum absolute atomic E-state index is 0.00501. The van der Waals surface area contributed by atoms with Crippen LogP contribution in [0.4, 0.5) is 0 Å². The van der Waals surface area contributed by atoms with Crippen molar-refractivity contribution in [2.24, 2.45) is 5.92 Å². The van der Waals surface area contributed by atoms with Crippen molar-refractivity contribution in [2.45, 2.75) is 44.8 Å². The SMILES string of the molecule is CCO.O=C(NCC1CC1)c1cccc(C2CCC(O)CO2)c1. The predicted molar refractivity (Wildman–Crippen MR) is 88.2 cm³/mol. The summed E-state index contributed by atoms with van der Waals surface area (Å²) in [5.41, 5.74) is 1.72. The highest BCUT2D eigenvalue weighted by atomic mass is 16.5. The van der Waals surface area contributed by atoms with E-state index in [0.717, 1.165) is 24.9 Å². The van der Waals surface area contributed by atoms with Gasteiger partial charge in [0, 0.05) is 18.7 Å². The van der Waals surface area contributed by atoms with Crippen LogP contribution in [-0.4, -0.2) is 42.0 Å². The number of aliphatic hydroxyl groups excluding tert-OH is 2. The van der Waals surface area contributed by atoms with Gasteiger partial charge >= 0.3 is 0 Å². The molecule has 1 aliphatic heterocycles. The molecule has 5 nitrogen and oxygen atoms in total. The minimum atomic E-state index is -0.351. The molecule has 0 spiro atoms. The molecule has 0 radical (unpaired) electrons. The molecule has 128 valence electrons. The molecule has 1 amide bonds. The fourth-order valence-corrected chi connectivity index (χ4v) is 2.54. The Morgan fingerprint density at radius 3 is 2.65 bits per heavy atom. The smallest absolute Gasteiger partial charge is 0.251 e. The lowest BCUT2D eigenvalue weighted by Gasteiger charge is -2.26. The number of benzene rings is 1. The number of hydrogen-bond donors (Lipinski definition) is 3. The molecule has 2 aliphatic rings. The fourth-order valence-electron chi connectivity index (χ4n) is 2.54. The van der Waals surface area contributed by atoms with E-state index in [0.29, 0.717) is 18.1 Å². The van der Waals surface area contributed by atoms with Crippen molar-refractivity contribution in [1.82, 2.24) is 5.32 Å². The van der Waals surface area contributed by atoms with Crippen LogP contribution >= 0.6 is 0 Å². The van der Waals surface area contributed by atoms with Crippen molar-refractivity contribution in [1.29, 1.82) is 0 Å². The lowest BCUT2D eigenvalue weighted by molar-refractivity contribution is -0.0568. The first-order chi connectivity index (χ1) is 11.1. The van der Waals surface area contributed by atoms with Crippen molar-refractivity contribution in [3.05, 3.63) is 35.4 Å². The molecule has 0 aromatic heterocycles. The van der Waals surface area contributed by atoms with E-state index in [1.165, 1.54) is 12.8 Å². The van der Waals surface area contributed by atoms with Crippen LogP contribution in [0.15, 0.2) is 24.3 Å². The Kier molecular flexibility index (Phi) is 7.02. The zero-order chi connectivity index (χ0) is 16.7. The van der Waals surface area contributed by atoms with Gasteiger partial charge in [-0.2, -0.15) is 0 Å². The number of rotatable bonds is 4. The predicted octanol–water partition coefficient (Wildman–Crippen LogP) is 2.04. The molecule has 1 saturated carbocycles. The van der Waals surface area contributed by atoms with Crippen LogP contribution in [-0.2, 0) is 4.74 Å². The number of nitrogens with one attached hydrogen (secondary N) is 1. The third-order valence-electron chi connectivity index (χ3n) is 4.02. The Bertz CT molecular complexity index is 494. The third-order valence-corrected chi connectivity index (χ3v) is 4.02. The summed E-state index contributed by atoms with van der Waals surface area (Å²) < 4.78 is 5.64. The number of ether oxygens (including phenoxy) is 1. The summed E-state index contributed by atoms with van der Waals surface area (Å²) in [4.78, 5) is 12.1. The zero-order valence-electron chi connectivity index (χ0n) is 13.7. The van der Waals surface area contributed by atoms with Crippen molar-refractivity contribution >= 4 is 5.91 Å². The van der Waals surface area contributed by atoms with E-state index in [1.54, 1.807) is 6.92 Å². The first-order valence-electron chi connectivity index (χ1n) is 8.42. The van der Waals surface area contributed by atoms with Gasteiger partial charge in [-0.05, 0) is 56.2 Å². The van der Waals surface area contributed by atoms with E-state index >= 15 is 0 Å². The van der Waals surface area contributed by atoms with Crippen LogP contribution < -0.4 is 5.32 Å². The zero-order valence-corrected chi connectivity index (χ0v) is 13.7. The molecule has 0 bridgehead atoms. The van der Waals surface area contributed by atoms with Gasteiger partial charge in [-0.3, -0.25) is 4.79 Å². The van der Waals surface area contributed by atoms with Crippen molar-refractivity contribution in [3.63, 3.8) is 0 Å². The fraction of sp³-hybridized carbons (Fsp3) is 0.611. The van der Waals surface area contributed by atoms with E-state index < -0.39 is 0 Å². The van der Waals surface area contributed by atoms with E-state index in [2.05, 4.69) is 5.32 Å². The summed E-state index contributed by atoms with van der Waals surface area (Å²) in [5.74, 6) is 0.680. The lowest BCUT2D eigenvalue weighted by atomic mass is 9.98. The molecule has 3 N–H and O–H groups in total. The van der Waals surface area contributed by atoms with Gasteiger partial charge in [0.25, 0.3) is 5.91 Å². The van der Waals surface area contributed by atoms with Gasteiger partial charge in [-0.1, -0.05) is 12.1 Å². The number of amides is 1. The van der Waals surface area contributed by atoms with E-state index in [9.17, 15) is 9.90 Å². The summed E-state index contributed by atoms with van der Waals surface area (Å²) >= 11 is 0. The van der Waals surface area contributed by atoms with E-state index in [1.807, 2.05) is 24.3 Å². The molecule has 5 heteroatoms. The number of carbonyl (C=O) groups excluding carboxylic acids is 1. The maximum Gasteiger partial charge on any atom is 0.251 e. The topological polar surface area (TPSA) is 78.8 Å².